The fourth-order valence-electron chi connectivity index (χ4n) is 2.36. The van der Waals surface area contributed by atoms with E-state index >= 15 is 0 Å². The third-order valence-electron chi connectivity index (χ3n) is 3.21. The molecule has 1 amide bonds. The van der Waals surface area contributed by atoms with Crippen LogP contribution in [0, 0.1) is 19.8 Å². The van der Waals surface area contributed by atoms with Gasteiger partial charge in [0.15, 0.2) is 6.04 Å². The molecule has 0 heterocycles. The Morgan fingerprint density at radius 2 is 1.76 bits per heavy atom. The molecular formula is C17H23NO3. The van der Waals surface area contributed by atoms with E-state index in [2.05, 4.69) is 11.9 Å². The van der Waals surface area contributed by atoms with Crippen LogP contribution in [0.3, 0.4) is 0 Å². The van der Waals surface area contributed by atoms with E-state index in [0.717, 1.165) is 16.7 Å². The van der Waals surface area contributed by atoms with Gasteiger partial charge in [0.1, 0.15) is 0 Å². The highest BCUT2D eigenvalue weighted by molar-refractivity contribution is 5.85. The van der Waals surface area contributed by atoms with E-state index in [4.69, 9.17) is 0 Å². The Kier molecular flexibility index (Phi) is 5.70. The molecule has 0 bridgehead atoms. The first-order chi connectivity index (χ1) is 9.70. The first kappa shape index (κ1) is 17.0. The van der Waals surface area contributed by atoms with Crippen LogP contribution in [-0.2, 0) is 9.59 Å². The van der Waals surface area contributed by atoms with Crippen molar-refractivity contribution in [2.45, 2.75) is 40.2 Å². The summed E-state index contributed by atoms with van der Waals surface area (Å²) in [4.78, 5) is 23.6. The van der Waals surface area contributed by atoms with Gasteiger partial charge in [0.25, 0.3) is 0 Å². The van der Waals surface area contributed by atoms with Gasteiger partial charge in [0, 0.05) is 5.92 Å². The number of rotatable bonds is 6. The molecule has 1 aromatic carbocycles. The summed E-state index contributed by atoms with van der Waals surface area (Å²) in [5.41, 5.74) is 3.44. The molecular weight excluding hydrogens is 266 g/mol. The fraction of sp³-hybridized carbons (Fsp3) is 0.412. The van der Waals surface area contributed by atoms with E-state index in [9.17, 15) is 14.7 Å². The molecule has 0 saturated heterocycles. The summed E-state index contributed by atoms with van der Waals surface area (Å²) in [6.07, 6.45) is 0.547. The zero-order chi connectivity index (χ0) is 16.2. The number of hydrogen-bond donors (Lipinski definition) is 2. The lowest BCUT2D eigenvalue weighted by atomic mass is 9.99. The van der Waals surface area contributed by atoms with Crippen molar-refractivity contribution in [2.24, 2.45) is 5.92 Å². The molecule has 4 heteroatoms. The Labute approximate surface area is 125 Å². The van der Waals surface area contributed by atoms with Crippen molar-refractivity contribution < 1.29 is 14.7 Å². The minimum Gasteiger partial charge on any atom is -0.479 e. The van der Waals surface area contributed by atoms with Crippen molar-refractivity contribution in [3.8, 4) is 0 Å². The van der Waals surface area contributed by atoms with Crippen molar-refractivity contribution in [1.82, 2.24) is 5.32 Å². The van der Waals surface area contributed by atoms with Crippen LogP contribution in [0.2, 0.25) is 0 Å². The normalized spacial score (nSPS) is 13.3. The molecule has 2 unspecified atom stereocenters. The molecule has 0 aliphatic heterocycles. The first-order valence-electron chi connectivity index (χ1n) is 6.96. The molecule has 0 aliphatic carbocycles. The number of hydrogen-bond acceptors (Lipinski definition) is 2. The number of aliphatic carboxylic acids is 1. The van der Waals surface area contributed by atoms with Gasteiger partial charge < -0.3 is 10.4 Å². The van der Waals surface area contributed by atoms with Crippen molar-refractivity contribution in [3.05, 3.63) is 47.0 Å². The van der Waals surface area contributed by atoms with Crippen LogP contribution in [0.25, 0.3) is 0 Å². The Morgan fingerprint density at radius 1 is 1.24 bits per heavy atom. The molecule has 2 atom stereocenters. The van der Waals surface area contributed by atoms with Crippen molar-refractivity contribution in [3.63, 3.8) is 0 Å². The Morgan fingerprint density at radius 3 is 2.19 bits per heavy atom. The number of allylic oxidation sites excluding steroid dienone is 1. The van der Waals surface area contributed by atoms with Gasteiger partial charge in [0.05, 0.1) is 0 Å². The van der Waals surface area contributed by atoms with Crippen LogP contribution in [0.15, 0.2) is 30.4 Å². The third-order valence-corrected chi connectivity index (χ3v) is 3.21. The van der Waals surface area contributed by atoms with Crippen LogP contribution in [-0.4, -0.2) is 17.0 Å². The fourth-order valence-corrected chi connectivity index (χ4v) is 2.36. The summed E-state index contributed by atoms with van der Waals surface area (Å²) in [6.45, 7) is 11.2. The lowest BCUT2D eigenvalue weighted by molar-refractivity contribution is -0.142. The molecule has 0 saturated carbocycles. The smallest absolute Gasteiger partial charge is 0.330 e. The van der Waals surface area contributed by atoms with Crippen molar-refractivity contribution in [1.29, 1.82) is 0 Å². The van der Waals surface area contributed by atoms with Gasteiger partial charge >= 0.3 is 5.97 Å². The summed E-state index contributed by atoms with van der Waals surface area (Å²) in [7, 11) is 0. The van der Waals surface area contributed by atoms with Gasteiger partial charge in [-0.25, -0.2) is 4.79 Å². The Balaban J connectivity index is 2.95. The van der Waals surface area contributed by atoms with E-state index in [1.165, 1.54) is 0 Å². The van der Waals surface area contributed by atoms with E-state index in [-0.39, 0.29) is 11.8 Å². The Hall–Kier alpha value is -2.10. The number of amides is 1. The molecule has 1 aromatic rings. The number of aryl methyl sites for hydroxylation is 2. The van der Waals surface area contributed by atoms with Crippen molar-refractivity contribution >= 4 is 11.9 Å². The highest BCUT2D eigenvalue weighted by Crippen LogP contribution is 2.19. The number of carboxylic acid groups (broad SMARTS) is 1. The molecule has 0 aliphatic rings. The van der Waals surface area contributed by atoms with Crippen molar-refractivity contribution in [2.75, 3.05) is 0 Å². The zero-order valence-corrected chi connectivity index (χ0v) is 13.1. The average molecular weight is 289 g/mol. The van der Waals surface area contributed by atoms with Crippen LogP contribution >= 0.6 is 0 Å². The number of carbonyl (C=O) groups excluding carboxylic acids is 1. The lowest BCUT2D eigenvalue weighted by Gasteiger charge is -2.19. The molecule has 1 rings (SSSR count). The Bertz CT molecular complexity index is 543. The third kappa shape index (κ3) is 5.06. The molecule has 21 heavy (non-hydrogen) atoms. The largest absolute Gasteiger partial charge is 0.479 e. The topological polar surface area (TPSA) is 66.4 Å². The molecule has 0 aromatic heterocycles. The van der Waals surface area contributed by atoms with Gasteiger partial charge in [-0.05, 0) is 32.8 Å². The monoisotopic (exact) mass is 289 g/mol. The quantitative estimate of drug-likeness (QED) is 0.791. The highest BCUT2D eigenvalue weighted by atomic mass is 16.4. The van der Waals surface area contributed by atoms with E-state index in [1.54, 1.807) is 19.1 Å². The number of carboxylic acids is 1. The zero-order valence-electron chi connectivity index (χ0n) is 13.1. The summed E-state index contributed by atoms with van der Waals surface area (Å²) < 4.78 is 0. The average Bonchev–Trinajstić information content (AvgIpc) is 2.32. The number of carbonyl (C=O) groups is 2. The van der Waals surface area contributed by atoms with Gasteiger partial charge in [-0.2, -0.15) is 0 Å². The maximum Gasteiger partial charge on any atom is 0.330 e. The second-order valence-electron chi connectivity index (χ2n) is 5.76. The van der Waals surface area contributed by atoms with Gasteiger partial charge in [-0.3, -0.25) is 4.79 Å². The maximum absolute atomic E-state index is 12.1. The molecule has 2 N–H and O–H groups in total. The maximum atomic E-state index is 12.1. The van der Waals surface area contributed by atoms with Crippen LogP contribution in [0.4, 0.5) is 0 Å². The second-order valence-corrected chi connectivity index (χ2v) is 5.76. The van der Waals surface area contributed by atoms with E-state index < -0.39 is 12.0 Å². The summed E-state index contributed by atoms with van der Waals surface area (Å²) in [5.74, 6) is -1.63. The SMILES string of the molecule is C=C(C)CC(C)C(=O)NC(C(=O)O)c1cc(C)cc(C)c1. The van der Waals surface area contributed by atoms with Gasteiger partial charge in [-0.1, -0.05) is 41.8 Å². The summed E-state index contributed by atoms with van der Waals surface area (Å²) in [5, 5.41) is 12.0. The highest BCUT2D eigenvalue weighted by Gasteiger charge is 2.24. The van der Waals surface area contributed by atoms with Crippen LogP contribution < -0.4 is 5.32 Å². The minimum atomic E-state index is -1.06. The molecule has 0 radical (unpaired) electrons. The predicted octanol–water partition coefficient (Wildman–Crippen LogP) is 3.15. The van der Waals surface area contributed by atoms with Crippen LogP contribution in [0.1, 0.15) is 43.0 Å². The lowest BCUT2D eigenvalue weighted by Crippen LogP contribution is -2.37. The molecule has 0 spiro atoms. The van der Waals surface area contributed by atoms with E-state index in [1.807, 2.05) is 26.8 Å². The first-order valence-corrected chi connectivity index (χ1v) is 6.96. The minimum absolute atomic E-state index is 0.274. The molecule has 4 nitrogen and oxygen atoms in total. The standard InChI is InChI=1S/C17H23NO3/c1-10(2)6-13(5)16(19)18-15(17(20)21)14-8-11(3)7-12(4)9-14/h7-9,13,15H,1,6H2,2-5H3,(H,18,19)(H,20,21). The number of benzene rings is 1. The van der Waals surface area contributed by atoms with Gasteiger partial charge in [-0.15, -0.1) is 6.58 Å². The number of nitrogens with one attached hydrogen (secondary N) is 1. The van der Waals surface area contributed by atoms with Crippen LogP contribution in [0.5, 0.6) is 0 Å². The second kappa shape index (κ2) is 7.07. The molecule has 0 fully saturated rings. The predicted molar refractivity (Wildman–Crippen MR) is 83.0 cm³/mol. The van der Waals surface area contributed by atoms with E-state index in [0.29, 0.717) is 12.0 Å². The molecule has 114 valence electrons. The summed E-state index contributed by atoms with van der Waals surface area (Å²) in [6, 6.07) is 4.52. The van der Waals surface area contributed by atoms with Gasteiger partial charge in [0.2, 0.25) is 5.91 Å². The summed E-state index contributed by atoms with van der Waals surface area (Å²) >= 11 is 0.